The van der Waals surface area contributed by atoms with Crippen molar-refractivity contribution < 1.29 is 13.9 Å². The Morgan fingerprint density at radius 1 is 0.926 bits per heavy atom. The summed E-state index contributed by atoms with van der Waals surface area (Å²) in [6.45, 7) is 9.67. The van der Waals surface area contributed by atoms with Gasteiger partial charge in [-0.05, 0) is 32.0 Å². The average molecular weight is 371 g/mol. The molecule has 4 heterocycles. The lowest BCUT2D eigenvalue weighted by Gasteiger charge is -2.35. The van der Waals surface area contributed by atoms with Crippen LogP contribution in [0.5, 0.6) is 0 Å². The molecule has 0 spiro atoms. The molecule has 2 aliphatic rings. The molecule has 144 valence electrons. The van der Waals surface area contributed by atoms with E-state index in [1.807, 2.05) is 36.9 Å². The van der Waals surface area contributed by atoms with E-state index in [1.165, 1.54) is 0 Å². The highest BCUT2D eigenvalue weighted by Gasteiger charge is 2.25. The van der Waals surface area contributed by atoms with Crippen LogP contribution in [0.25, 0.3) is 0 Å². The number of aryl methyl sites for hydroxylation is 2. The summed E-state index contributed by atoms with van der Waals surface area (Å²) >= 11 is 0. The van der Waals surface area contributed by atoms with Gasteiger partial charge in [0.2, 0.25) is 0 Å². The van der Waals surface area contributed by atoms with Gasteiger partial charge in [0.05, 0.1) is 18.8 Å². The molecular formula is C19H25N5O3. The molecule has 4 rings (SSSR count). The molecule has 0 radical (unpaired) electrons. The Morgan fingerprint density at radius 2 is 1.52 bits per heavy atom. The minimum atomic E-state index is 0.0396. The van der Waals surface area contributed by atoms with Crippen molar-refractivity contribution in [2.24, 2.45) is 0 Å². The average Bonchev–Trinajstić information content (AvgIpc) is 3.06. The third-order valence-corrected chi connectivity index (χ3v) is 5.13. The van der Waals surface area contributed by atoms with Crippen LogP contribution in [0.3, 0.4) is 0 Å². The molecule has 0 aromatic carbocycles. The van der Waals surface area contributed by atoms with Gasteiger partial charge >= 0.3 is 0 Å². The standard InChI is InChI=1S/C19H25N5O3/c1-14-13-16(15(2)27-14)19(25)24-7-5-22(6-8-24)17-3-4-18(21-20-17)23-9-11-26-12-10-23/h3-4,13H,5-12H2,1-2H3. The Labute approximate surface area is 158 Å². The van der Waals surface area contributed by atoms with Crippen molar-refractivity contribution >= 4 is 17.5 Å². The Bertz CT molecular complexity index is 790. The predicted octanol–water partition coefficient (Wildman–Crippen LogP) is 1.49. The molecule has 27 heavy (non-hydrogen) atoms. The number of rotatable bonds is 3. The van der Waals surface area contributed by atoms with Gasteiger partial charge in [-0.15, -0.1) is 10.2 Å². The molecule has 1 amide bonds. The van der Waals surface area contributed by atoms with E-state index in [2.05, 4.69) is 20.0 Å². The lowest BCUT2D eigenvalue weighted by atomic mass is 10.2. The van der Waals surface area contributed by atoms with Crippen molar-refractivity contribution in [3.05, 3.63) is 35.3 Å². The molecule has 0 saturated carbocycles. The van der Waals surface area contributed by atoms with Gasteiger partial charge in [0.25, 0.3) is 5.91 Å². The first kappa shape index (κ1) is 17.8. The Kier molecular flexibility index (Phi) is 4.98. The minimum absolute atomic E-state index is 0.0396. The van der Waals surface area contributed by atoms with Crippen molar-refractivity contribution in [1.29, 1.82) is 0 Å². The number of nitrogens with zero attached hydrogens (tertiary/aromatic N) is 5. The Morgan fingerprint density at radius 3 is 2.04 bits per heavy atom. The smallest absolute Gasteiger partial charge is 0.257 e. The summed E-state index contributed by atoms with van der Waals surface area (Å²) in [6.07, 6.45) is 0. The fourth-order valence-electron chi connectivity index (χ4n) is 3.60. The van der Waals surface area contributed by atoms with Gasteiger partial charge < -0.3 is 23.9 Å². The highest BCUT2D eigenvalue weighted by Crippen LogP contribution is 2.20. The lowest BCUT2D eigenvalue weighted by Crippen LogP contribution is -2.49. The topological polar surface area (TPSA) is 74.9 Å². The van der Waals surface area contributed by atoms with Crippen LogP contribution in [0.2, 0.25) is 0 Å². The predicted molar refractivity (Wildman–Crippen MR) is 101 cm³/mol. The largest absolute Gasteiger partial charge is 0.466 e. The van der Waals surface area contributed by atoms with E-state index in [9.17, 15) is 4.79 Å². The summed E-state index contributed by atoms with van der Waals surface area (Å²) in [5, 5.41) is 8.78. The highest BCUT2D eigenvalue weighted by molar-refractivity contribution is 5.95. The molecule has 0 N–H and O–H groups in total. The number of morpholine rings is 1. The fraction of sp³-hybridized carbons (Fsp3) is 0.526. The molecule has 2 aromatic rings. The number of aromatic nitrogens is 2. The van der Waals surface area contributed by atoms with Crippen LogP contribution in [0.15, 0.2) is 22.6 Å². The molecule has 2 aromatic heterocycles. The number of hydrogen-bond acceptors (Lipinski definition) is 7. The molecule has 0 aliphatic carbocycles. The quantitative estimate of drug-likeness (QED) is 0.809. The normalized spacial score (nSPS) is 18.1. The van der Waals surface area contributed by atoms with E-state index >= 15 is 0 Å². The van der Waals surface area contributed by atoms with Gasteiger partial charge in [0.15, 0.2) is 11.6 Å². The summed E-state index contributed by atoms with van der Waals surface area (Å²) in [5.41, 5.74) is 0.663. The number of carbonyl (C=O) groups excluding carboxylic acids is 1. The van der Waals surface area contributed by atoms with Crippen LogP contribution in [0.4, 0.5) is 11.6 Å². The second-order valence-corrected chi connectivity index (χ2v) is 6.96. The third-order valence-electron chi connectivity index (χ3n) is 5.13. The van der Waals surface area contributed by atoms with E-state index in [4.69, 9.17) is 9.15 Å². The number of amides is 1. The van der Waals surface area contributed by atoms with Gasteiger partial charge in [-0.1, -0.05) is 0 Å². The number of furan rings is 1. The van der Waals surface area contributed by atoms with E-state index in [0.717, 1.165) is 56.8 Å². The van der Waals surface area contributed by atoms with Gasteiger partial charge in [-0.2, -0.15) is 0 Å². The van der Waals surface area contributed by atoms with Crippen molar-refractivity contribution in [2.45, 2.75) is 13.8 Å². The second kappa shape index (κ2) is 7.56. The van der Waals surface area contributed by atoms with Gasteiger partial charge in [0.1, 0.15) is 11.5 Å². The second-order valence-electron chi connectivity index (χ2n) is 6.96. The van der Waals surface area contributed by atoms with Crippen LogP contribution in [0.1, 0.15) is 21.9 Å². The van der Waals surface area contributed by atoms with Crippen LogP contribution in [-0.4, -0.2) is 73.5 Å². The van der Waals surface area contributed by atoms with E-state index < -0.39 is 0 Å². The third kappa shape index (κ3) is 3.75. The maximum atomic E-state index is 12.7. The van der Waals surface area contributed by atoms with Crippen LogP contribution < -0.4 is 9.80 Å². The molecule has 2 fully saturated rings. The first-order valence-electron chi connectivity index (χ1n) is 9.39. The van der Waals surface area contributed by atoms with E-state index in [0.29, 0.717) is 24.4 Å². The molecular weight excluding hydrogens is 346 g/mol. The van der Waals surface area contributed by atoms with Gasteiger partial charge in [0, 0.05) is 39.3 Å². The fourth-order valence-corrected chi connectivity index (χ4v) is 3.60. The summed E-state index contributed by atoms with van der Waals surface area (Å²) in [7, 11) is 0. The summed E-state index contributed by atoms with van der Waals surface area (Å²) < 4.78 is 10.9. The Balaban J connectivity index is 1.36. The summed E-state index contributed by atoms with van der Waals surface area (Å²) in [5.74, 6) is 3.24. The van der Waals surface area contributed by atoms with E-state index in [-0.39, 0.29) is 5.91 Å². The first-order valence-corrected chi connectivity index (χ1v) is 9.39. The molecule has 8 heteroatoms. The van der Waals surface area contributed by atoms with E-state index in [1.54, 1.807) is 0 Å². The summed E-state index contributed by atoms with van der Waals surface area (Å²) in [6, 6.07) is 5.85. The maximum absolute atomic E-state index is 12.7. The van der Waals surface area contributed by atoms with Crippen molar-refractivity contribution in [3.8, 4) is 0 Å². The number of anilines is 2. The molecule has 0 atom stereocenters. The number of ether oxygens (including phenoxy) is 1. The van der Waals surface area contributed by atoms with Crippen LogP contribution >= 0.6 is 0 Å². The highest BCUT2D eigenvalue weighted by atomic mass is 16.5. The zero-order valence-corrected chi connectivity index (χ0v) is 15.8. The minimum Gasteiger partial charge on any atom is -0.466 e. The van der Waals surface area contributed by atoms with Gasteiger partial charge in [-0.3, -0.25) is 4.79 Å². The molecule has 0 bridgehead atoms. The van der Waals surface area contributed by atoms with Crippen molar-refractivity contribution in [1.82, 2.24) is 15.1 Å². The maximum Gasteiger partial charge on any atom is 0.257 e. The molecule has 0 unspecified atom stereocenters. The zero-order valence-electron chi connectivity index (χ0n) is 15.8. The monoisotopic (exact) mass is 371 g/mol. The number of hydrogen-bond donors (Lipinski definition) is 0. The Hall–Kier alpha value is -2.61. The zero-order chi connectivity index (χ0) is 18.8. The van der Waals surface area contributed by atoms with Crippen LogP contribution in [-0.2, 0) is 4.74 Å². The van der Waals surface area contributed by atoms with Crippen molar-refractivity contribution in [2.75, 3.05) is 62.3 Å². The molecule has 8 nitrogen and oxygen atoms in total. The summed E-state index contributed by atoms with van der Waals surface area (Å²) in [4.78, 5) is 18.9. The molecule has 2 saturated heterocycles. The lowest BCUT2D eigenvalue weighted by molar-refractivity contribution is 0.0744. The van der Waals surface area contributed by atoms with Gasteiger partial charge in [-0.25, -0.2) is 0 Å². The SMILES string of the molecule is Cc1cc(C(=O)N2CCN(c3ccc(N4CCOCC4)nn3)CC2)c(C)o1. The number of carbonyl (C=O) groups is 1. The number of piperazine rings is 1. The van der Waals surface area contributed by atoms with Crippen molar-refractivity contribution in [3.63, 3.8) is 0 Å². The first-order chi connectivity index (χ1) is 13.1. The molecule has 2 aliphatic heterocycles. The van der Waals surface area contributed by atoms with Crippen LogP contribution in [0, 0.1) is 13.8 Å².